The van der Waals surface area contributed by atoms with E-state index in [-0.39, 0.29) is 35.2 Å². The maximum Gasteiger partial charge on any atom is 0.352 e. The van der Waals surface area contributed by atoms with E-state index in [9.17, 15) is 29.1 Å². The first-order valence-corrected chi connectivity index (χ1v) is 14.9. The average Bonchev–Trinajstić information content (AvgIpc) is 3.67. The molecule has 0 saturated carbocycles. The number of carboxylic acids is 2. The molecule has 3 aromatic rings. The number of nitrogen functional groups attached to an aromatic ring is 1. The fourth-order valence-electron chi connectivity index (χ4n) is 4.42. The number of fused-ring (bicyclic) bond motifs is 2. The molecule has 220 valence electrons. The van der Waals surface area contributed by atoms with Gasteiger partial charge in [-0.3, -0.25) is 19.3 Å². The summed E-state index contributed by atoms with van der Waals surface area (Å²) in [6.07, 6.45) is 2.87. The molecule has 2 aliphatic rings. The molecule has 0 bridgehead atoms. The monoisotopic (exact) mass is 635 g/mol. The Morgan fingerprint density at radius 3 is 2.81 bits per heavy atom. The van der Waals surface area contributed by atoms with E-state index in [1.807, 2.05) is 26.7 Å². The Labute approximate surface area is 248 Å². The number of thiazole rings is 2. The van der Waals surface area contributed by atoms with Crippen LogP contribution in [0.5, 0.6) is 0 Å². The average molecular weight is 636 g/mol. The van der Waals surface area contributed by atoms with Gasteiger partial charge in [-0.25, -0.2) is 19.1 Å². The highest BCUT2D eigenvalue weighted by Gasteiger charge is 2.54. The lowest BCUT2D eigenvalue weighted by Crippen LogP contribution is -2.71. The molecule has 16 nitrogen and oxygen atoms in total. The predicted octanol–water partition coefficient (Wildman–Crippen LogP) is -0.794. The number of aromatic nitrogens is 3. The number of aliphatic carboxylic acids is 2. The maximum atomic E-state index is 13.2. The van der Waals surface area contributed by atoms with Crippen LogP contribution in [0.1, 0.15) is 18.4 Å². The molecule has 0 unspecified atom stereocenters. The summed E-state index contributed by atoms with van der Waals surface area (Å²) >= 11 is 3.77. The lowest BCUT2D eigenvalue weighted by atomic mass is 10.0. The van der Waals surface area contributed by atoms with Crippen LogP contribution in [0.3, 0.4) is 0 Å². The number of hydrogen-bond donors (Lipinski definition) is 5. The summed E-state index contributed by atoms with van der Waals surface area (Å²) < 4.78 is 3.71. The zero-order valence-electron chi connectivity index (χ0n) is 21.6. The van der Waals surface area contributed by atoms with Crippen molar-refractivity contribution in [3.63, 3.8) is 0 Å². The lowest BCUT2D eigenvalue weighted by molar-refractivity contribution is -0.695. The number of thioether (sulfide) groups is 1. The number of nitrogens with one attached hydrogen (secondary N) is 2. The first kappa shape index (κ1) is 29.0. The van der Waals surface area contributed by atoms with Crippen LogP contribution in [-0.2, 0) is 41.9 Å². The minimum Gasteiger partial charge on any atom is -0.478 e. The molecule has 0 radical (unpaired) electrons. The molecule has 0 aliphatic carbocycles. The van der Waals surface area contributed by atoms with Crippen molar-refractivity contribution in [2.45, 2.75) is 37.5 Å². The number of carboxylic acid groups (broad SMARTS) is 2. The molecule has 19 heteroatoms. The van der Waals surface area contributed by atoms with Crippen LogP contribution in [0.25, 0.3) is 4.83 Å². The van der Waals surface area contributed by atoms with Gasteiger partial charge in [-0.2, -0.15) is 4.40 Å². The maximum absolute atomic E-state index is 13.2. The normalized spacial score (nSPS) is 19.2. The molecule has 0 spiro atoms. The number of imidazole rings is 1. The summed E-state index contributed by atoms with van der Waals surface area (Å²) in [6, 6.07) is -1.10. The molecule has 0 aromatic carbocycles. The molecule has 6 N–H and O–H groups in total. The number of oxime groups is 1. The highest BCUT2D eigenvalue weighted by Crippen LogP contribution is 2.40. The van der Waals surface area contributed by atoms with Gasteiger partial charge in [0.25, 0.3) is 17.6 Å². The lowest BCUT2D eigenvalue weighted by Gasteiger charge is -2.49. The van der Waals surface area contributed by atoms with E-state index in [2.05, 4.69) is 20.8 Å². The molecule has 3 aromatic heterocycles. The molecule has 5 rings (SSSR count). The Morgan fingerprint density at radius 1 is 1.36 bits per heavy atom. The van der Waals surface area contributed by atoms with Gasteiger partial charge >= 0.3 is 11.9 Å². The summed E-state index contributed by atoms with van der Waals surface area (Å²) in [4.78, 5) is 71.8. The molecule has 3 atom stereocenters. The van der Waals surface area contributed by atoms with Crippen molar-refractivity contribution in [3.05, 3.63) is 46.1 Å². The van der Waals surface area contributed by atoms with Crippen molar-refractivity contribution >= 4 is 80.1 Å². The minimum absolute atomic E-state index is 0.0483. The van der Waals surface area contributed by atoms with E-state index in [1.165, 1.54) is 35.5 Å². The van der Waals surface area contributed by atoms with E-state index in [0.717, 1.165) is 26.9 Å². The third-order valence-corrected chi connectivity index (χ3v) is 9.24. The second-order valence-corrected chi connectivity index (χ2v) is 11.9. The Balaban J connectivity index is 1.38. The largest absolute Gasteiger partial charge is 0.478 e. The topological polar surface area (TPSA) is 222 Å². The molecule has 1 saturated heterocycles. The summed E-state index contributed by atoms with van der Waals surface area (Å²) in [5.41, 5.74) is 7.08. The molecule has 42 heavy (non-hydrogen) atoms. The van der Waals surface area contributed by atoms with Crippen LogP contribution in [0.2, 0.25) is 0 Å². The van der Waals surface area contributed by atoms with E-state index < -0.39 is 47.0 Å². The predicted molar refractivity (Wildman–Crippen MR) is 149 cm³/mol. The first-order valence-electron chi connectivity index (χ1n) is 12.1. The summed E-state index contributed by atoms with van der Waals surface area (Å²) in [6.45, 7) is 1.58. The molecule has 2 aliphatic heterocycles. The number of amides is 3. The van der Waals surface area contributed by atoms with Crippen LogP contribution < -0.4 is 20.9 Å². The van der Waals surface area contributed by atoms with E-state index in [1.54, 1.807) is 0 Å². The second-order valence-electron chi connectivity index (χ2n) is 8.99. The van der Waals surface area contributed by atoms with Crippen molar-refractivity contribution in [1.29, 1.82) is 0 Å². The number of hydrogen-bond acceptors (Lipinski definition) is 12. The number of nitrogens with zero attached hydrogens (tertiary/aromatic N) is 5. The van der Waals surface area contributed by atoms with Crippen molar-refractivity contribution in [3.8, 4) is 0 Å². The zero-order valence-corrected chi connectivity index (χ0v) is 24.1. The fraction of sp³-hybridized carbons (Fsp3) is 0.304. The third kappa shape index (κ3) is 5.28. The minimum atomic E-state index is -1.38. The van der Waals surface area contributed by atoms with Gasteiger partial charge in [0.1, 0.15) is 53.3 Å². The number of anilines is 1. The van der Waals surface area contributed by atoms with E-state index in [4.69, 9.17) is 15.7 Å². The molecular weight excluding hydrogens is 613 g/mol. The zero-order chi connectivity index (χ0) is 30.1. The standard InChI is InChI=1S/C23H22N8O8S3/c1-10(22(35)36)39-28-15(14-18(24)42-9-26-14)19(33)27-16-20(34)31-17(23(37)38)11(7-41-21(16)31)5-29-6-13-30(2-3-40-13)12(29)4-25-8-32/h2-3,6,8-10,16,21H,4-5,7H2,1H3,(H5-,24,25,27,28,32,33,35,36,37,38)/p+1/t10-,16+,21+/m0/s1. The number of carbonyl (C=O) groups excluding carboxylic acids is 3. The van der Waals surface area contributed by atoms with E-state index >= 15 is 0 Å². The van der Waals surface area contributed by atoms with Crippen molar-refractivity contribution in [2.75, 3.05) is 11.5 Å². The van der Waals surface area contributed by atoms with Crippen LogP contribution >= 0.6 is 34.4 Å². The van der Waals surface area contributed by atoms with Gasteiger partial charge in [-0.1, -0.05) is 16.5 Å². The Hall–Kier alpha value is -4.49. The SMILES string of the molecule is C[C@H](O/N=C(\C(=O)N[C@@H]1C(=O)N2C(C(=O)O)=C(C[n+]3cc4sccn4c3CNC=O)CS[C@H]12)c1ncsc1N)C(=O)O. The summed E-state index contributed by atoms with van der Waals surface area (Å²) in [5.74, 6) is -3.19. The molecule has 3 amide bonds. The van der Waals surface area contributed by atoms with Crippen molar-refractivity contribution in [2.24, 2.45) is 5.16 Å². The Morgan fingerprint density at radius 2 is 2.14 bits per heavy atom. The van der Waals surface area contributed by atoms with Crippen LogP contribution in [-0.4, -0.2) is 83.6 Å². The fourth-order valence-corrected chi connectivity index (χ4v) is 7.08. The van der Waals surface area contributed by atoms with Crippen molar-refractivity contribution in [1.82, 2.24) is 24.9 Å². The highest BCUT2D eigenvalue weighted by molar-refractivity contribution is 8.00. The number of rotatable bonds is 12. The smallest absolute Gasteiger partial charge is 0.352 e. The van der Waals surface area contributed by atoms with Crippen LogP contribution in [0.4, 0.5) is 5.00 Å². The van der Waals surface area contributed by atoms with Gasteiger partial charge in [0.15, 0.2) is 5.71 Å². The summed E-state index contributed by atoms with van der Waals surface area (Å²) in [5, 5.41) is 29.3. The van der Waals surface area contributed by atoms with Gasteiger partial charge in [0.2, 0.25) is 17.3 Å². The van der Waals surface area contributed by atoms with Crippen LogP contribution in [0, 0.1) is 0 Å². The Bertz CT molecular complexity index is 1660. The van der Waals surface area contributed by atoms with E-state index in [0.29, 0.717) is 12.0 Å². The van der Waals surface area contributed by atoms with Crippen molar-refractivity contribution < 1.29 is 43.6 Å². The first-order chi connectivity index (χ1) is 20.1. The van der Waals surface area contributed by atoms with Gasteiger partial charge in [-0.15, -0.1) is 23.1 Å². The number of β-lactam (4-membered cyclic amide) rings is 1. The summed E-state index contributed by atoms with van der Waals surface area (Å²) in [7, 11) is 0. The van der Waals surface area contributed by atoms with Crippen LogP contribution in [0.15, 0.2) is 39.7 Å². The second kappa shape index (κ2) is 11.8. The highest BCUT2D eigenvalue weighted by atomic mass is 32.2. The number of carbonyl (C=O) groups is 5. The molecule has 1 fully saturated rings. The third-order valence-electron chi connectivity index (χ3n) is 6.44. The molecular formula is C23H23N8O8S3+. The number of nitrogens with two attached hydrogens (primary N) is 1. The quantitative estimate of drug-likeness (QED) is 0.0545. The Kier molecular flexibility index (Phi) is 8.14. The van der Waals surface area contributed by atoms with Gasteiger partial charge in [0, 0.05) is 16.7 Å². The van der Waals surface area contributed by atoms with Gasteiger partial charge < -0.3 is 31.4 Å². The molecule has 5 heterocycles. The van der Waals surface area contributed by atoms with Gasteiger partial charge in [0.05, 0.1) is 5.51 Å². The van der Waals surface area contributed by atoms with Gasteiger partial charge in [-0.05, 0) is 6.92 Å².